The third-order valence-electron chi connectivity index (χ3n) is 3.24. The van der Waals surface area contributed by atoms with Crippen LogP contribution in [0.3, 0.4) is 0 Å². The number of benzene rings is 2. The fraction of sp³-hybridized carbons (Fsp3) is 0.188. The van der Waals surface area contributed by atoms with E-state index < -0.39 is 0 Å². The van der Waals surface area contributed by atoms with Crippen LogP contribution in [-0.4, -0.2) is 7.05 Å². The van der Waals surface area contributed by atoms with Crippen molar-refractivity contribution < 1.29 is 0 Å². The monoisotopic (exact) mass is 329 g/mol. The fourth-order valence-corrected chi connectivity index (χ4v) is 2.64. The number of hydrogen-bond donors (Lipinski definition) is 1. The molecule has 0 fully saturated rings. The zero-order valence-electron chi connectivity index (χ0n) is 11.5. The summed E-state index contributed by atoms with van der Waals surface area (Å²) in [6, 6.07) is 15.8. The molecule has 2 N–H and O–H groups in total. The Morgan fingerprint density at radius 1 is 1.20 bits per heavy atom. The average Bonchev–Trinajstić information content (AvgIpc) is 2.46. The first-order valence-corrected chi connectivity index (χ1v) is 7.11. The van der Waals surface area contributed by atoms with E-state index in [1.54, 1.807) is 0 Å². The Hall–Kier alpha value is -1.83. The van der Waals surface area contributed by atoms with Crippen LogP contribution in [0.4, 0.5) is 11.4 Å². The van der Waals surface area contributed by atoms with Crippen LogP contribution in [0, 0.1) is 11.3 Å². The number of nitrogens with zero attached hydrogens (tertiary/aromatic N) is 2. The van der Waals surface area contributed by atoms with Gasteiger partial charge in [-0.05, 0) is 64.8 Å². The molecule has 0 amide bonds. The molecule has 4 heteroatoms. The van der Waals surface area contributed by atoms with Crippen LogP contribution >= 0.6 is 15.9 Å². The molecule has 0 aliphatic rings. The second-order valence-electron chi connectivity index (χ2n) is 4.72. The highest BCUT2D eigenvalue weighted by molar-refractivity contribution is 9.10. The minimum atomic E-state index is 0.0144. The quantitative estimate of drug-likeness (QED) is 0.921. The van der Waals surface area contributed by atoms with E-state index in [1.165, 1.54) is 0 Å². The third-order valence-corrected chi connectivity index (χ3v) is 3.88. The van der Waals surface area contributed by atoms with Crippen molar-refractivity contribution in [2.45, 2.75) is 13.0 Å². The summed E-state index contributed by atoms with van der Waals surface area (Å²) in [7, 11) is 1.99. The van der Waals surface area contributed by atoms with Gasteiger partial charge in [-0.15, -0.1) is 0 Å². The highest BCUT2D eigenvalue weighted by Crippen LogP contribution is 2.32. The first-order valence-electron chi connectivity index (χ1n) is 6.32. The maximum Gasteiger partial charge on any atom is 0.0991 e. The first kappa shape index (κ1) is 14.6. The second kappa shape index (κ2) is 6.08. The van der Waals surface area contributed by atoms with Crippen molar-refractivity contribution in [2.24, 2.45) is 5.73 Å². The van der Waals surface area contributed by atoms with E-state index in [2.05, 4.69) is 26.9 Å². The Kier molecular flexibility index (Phi) is 4.43. The maximum atomic E-state index is 8.83. The molecule has 2 aromatic carbocycles. The van der Waals surface area contributed by atoms with Crippen LogP contribution in [-0.2, 0) is 0 Å². The summed E-state index contributed by atoms with van der Waals surface area (Å²) in [5.41, 5.74) is 9.72. The van der Waals surface area contributed by atoms with E-state index >= 15 is 0 Å². The van der Waals surface area contributed by atoms with E-state index in [0.29, 0.717) is 5.56 Å². The highest BCUT2D eigenvalue weighted by atomic mass is 79.9. The molecule has 0 radical (unpaired) electrons. The van der Waals surface area contributed by atoms with Gasteiger partial charge in [-0.3, -0.25) is 0 Å². The van der Waals surface area contributed by atoms with Crippen molar-refractivity contribution in [2.75, 3.05) is 11.9 Å². The van der Waals surface area contributed by atoms with Crippen molar-refractivity contribution in [3.05, 3.63) is 58.1 Å². The van der Waals surface area contributed by atoms with Gasteiger partial charge < -0.3 is 10.6 Å². The summed E-state index contributed by atoms with van der Waals surface area (Å²) >= 11 is 3.59. The number of nitriles is 1. The third kappa shape index (κ3) is 3.01. The largest absolute Gasteiger partial charge is 0.344 e. The van der Waals surface area contributed by atoms with E-state index in [0.717, 1.165) is 21.4 Å². The predicted octanol–water partition coefficient (Wildman–Crippen LogP) is 4.11. The lowest BCUT2D eigenvalue weighted by Gasteiger charge is -2.22. The molecule has 0 spiro atoms. The van der Waals surface area contributed by atoms with Gasteiger partial charge in [-0.2, -0.15) is 5.26 Å². The summed E-state index contributed by atoms with van der Waals surface area (Å²) in [5, 5.41) is 8.83. The number of nitrogens with two attached hydrogens (primary N) is 1. The molecular weight excluding hydrogens is 314 g/mol. The van der Waals surface area contributed by atoms with Gasteiger partial charge in [0, 0.05) is 23.2 Å². The molecule has 0 aromatic heterocycles. The molecule has 20 heavy (non-hydrogen) atoms. The molecule has 0 bridgehead atoms. The molecule has 0 unspecified atom stereocenters. The predicted molar refractivity (Wildman–Crippen MR) is 86.0 cm³/mol. The van der Waals surface area contributed by atoms with Gasteiger partial charge in [0.2, 0.25) is 0 Å². The molecule has 102 valence electrons. The highest BCUT2D eigenvalue weighted by Gasteiger charge is 2.10. The van der Waals surface area contributed by atoms with E-state index in [9.17, 15) is 0 Å². The molecule has 0 saturated heterocycles. The molecule has 0 heterocycles. The van der Waals surface area contributed by atoms with Crippen molar-refractivity contribution in [1.82, 2.24) is 0 Å². The van der Waals surface area contributed by atoms with Crippen LogP contribution in [0.15, 0.2) is 46.9 Å². The number of rotatable bonds is 3. The van der Waals surface area contributed by atoms with Crippen molar-refractivity contribution in [3.63, 3.8) is 0 Å². The van der Waals surface area contributed by atoms with Gasteiger partial charge in [-0.1, -0.05) is 6.07 Å². The van der Waals surface area contributed by atoms with Crippen LogP contribution in [0.1, 0.15) is 24.1 Å². The zero-order valence-corrected chi connectivity index (χ0v) is 13.1. The fourth-order valence-electron chi connectivity index (χ4n) is 1.98. The number of anilines is 2. The number of halogens is 1. The lowest BCUT2D eigenvalue weighted by molar-refractivity contribution is 0.817. The molecule has 2 aromatic rings. The Morgan fingerprint density at radius 2 is 1.85 bits per heavy atom. The SMILES string of the molecule is C[C@@H](N)c1ccc(N(C)c2ccc(C#N)cc2)c(Br)c1. The Morgan fingerprint density at radius 3 is 2.35 bits per heavy atom. The molecule has 0 aliphatic carbocycles. The van der Waals surface area contributed by atoms with Crippen molar-refractivity contribution in [3.8, 4) is 6.07 Å². The minimum absolute atomic E-state index is 0.0144. The van der Waals surface area contributed by atoms with Gasteiger partial charge in [0.15, 0.2) is 0 Å². The van der Waals surface area contributed by atoms with Gasteiger partial charge in [0.25, 0.3) is 0 Å². The summed E-state index contributed by atoms with van der Waals surface area (Å²) in [5.74, 6) is 0. The van der Waals surface area contributed by atoms with Crippen LogP contribution < -0.4 is 10.6 Å². The van der Waals surface area contributed by atoms with Gasteiger partial charge in [0.05, 0.1) is 17.3 Å². The lowest BCUT2D eigenvalue weighted by atomic mass is 10.1. The van der Waals surface area contributed by atoms with E-state index in [-0.39, 0.29) is 6.04 Å². The van der Waals surface area contributed by atoms with Gasteiger partial charge >= 0.3 is 0 Å². The average molecular weight is 330 g/mol. The van der Waals surface area contributed by atoms with Gasteiger partial charge in [-0.25, -0.2) is 0 Å². The summed E-state index contributed by atoms with van der Waals surface area (Å²) in [6.45, 7) is 1.96. The second-order valence-corrected chi connectivity index (χ2v) is 5.57. The number of hydrogen-bond acceptors (Lipinski definition) is 3. The molecule has 0 saturated carbocycles. The summed E-state index contributed by atoms with van der Waals surface area (Å²) < 4.78 is 0.999. The maximum absolute atomic E-state index is 8.83. The lowest BCUT2D eigenvalue weighted by Crippen LogP contribution is -2.11. The molecule has 0 aliphatic heterocycles. The summed E-state index contributed by atoms with van der Waals surface area (Å²) in [4.78, 5) is 2.07. The smallest absolute Gasteiger partial charge is 0.0991 e. The van der Waals surface area contributed by atoms with Crippen molar-refractivity contribution in [1.29, 1.82) is 5.26 Å². The standard InChI is InChI=1S/C16H16BrN3/c1-11(19)13-5-8-16(15(17)9-13)20(2)14-6-3-12(10-18)4-7-14/h3-9,11H,19H2,1-2H3/t11-/m1/s1. The van der Waals surface area contributed by atoms with E-state index in [4.69, 9.17) is 11.0 Å². The van der Waals surface area contributed by atoms with Crippen LogP contribution in [0.5, 0.6) is 0 Å². The Balaban J connectivity index is 2.33. The van der Waals surface area contributed by atoms with Crippen molar-refractivity contribution >= 4 is 27.3 Å². The molecule has 2 rings (SSSR count). The molecular formula is C16H16BrN3. The van der Waals surface area contributed by atoms with Crippen LogP contribution in [0.2, 0.25) is 0 Å². The summed E-state index contributed by atoms with van der Waals surface area (Å²) in [6.07, 6.45) is 0. The van der Waals surface area contributed by atoms with Gasteiger partial charge in [0.1, 0.15) is 0 Å². The first-order chi connectivity index (χ1) is 9.52. The van der Waals surface area contributed by atoms with E-state index in [1.807, 2.05) is 56.4 Å². The minimum Gasteiger partial charge on any atom is -0.344 e. The Bertz CT molecular complexity index is 642. The normalized spacial score (nSPS) is 11.8. The topological polar surface area (TPSA) is 53.0 Å². The van der Waals surface area contributed by atoms with Crippen LogP contribution in [0.25, 0.3) is 0 Å². The zero-order chi connectivity index (χ0) is 14.7. The molecule has 3 nitrogen and oxygen atoms in total. The Labute approximate surface area is 127 Å². The molecule has 1 atom stereocenters.